The van der Waals surface area contributed by atoms with E-state index in [1.165, 1.54) is 0 Å². The lowest BCUT2D eigenvalue weighted by atomic mass is 9.67. The van der Waals surface area contributed by atoms with Crippen molar-refractivity contribution in [1.82, 2.24) is 20.6 Å². The number of benzene rings is 3. The Balaban J connectivity index is 1.48. The number of hydrogen-bond donors (Lipinski definition) is 2. The van der Waals surface area contributed by atoms with Gasteiger partial charge in [0.1, 0.15) is 33.7 Å². The van der Waals surface area contributed by atoms with Crippen LogP contribution in [0.1, 0.15) is 206 Å². The van der Waals surface area contributed by atoms with E-state index in [1.54, 1.807) is 6.07 Å². The van der Waals surface area contributed by atoms with Crippen LogP contribution < -0.4 is 10.9 Å². The molecule has 14 heteroatoms. The summed E-state index contributed by atoms with van der Waals surface area (Å²) in [6.45, 7) is 16.7. The van der Waals surface area contributed by atoms with E-state index in [4.69, 9.17) is 18.6 Å². The van der Waals surface area contributed by atoms with Crippen molar-refractivity contribution in [2.45, 2.75) is 206 Å². The minimum absolute atomic E-state index is 0.111. The quantitative estimate of drug-likeness (QED) is 0.0510. The van der Waals surface area contributed by atoms with E-state index < -0.39 is 47.9 Å². The number of aromatic nitrogens is 4. The molecular weight excluding hydrogens is 812 g/mol. The first-order valence-corrected chi connectivity index (χ1v) is 24.6. The second-order valence-corrected chi connectivity index (χ2v) is 20.2. The Morgan fingerprint density at radius 1 is 0.516 bits per heavy atom. The predicted molar refractivity (Wildman–Crippen MR) is 250 cm³/mol. The van der Waals surface area contributed by atoms with Crippen LogP contribution in [0.4, 0.5) is 8.78 Å². The highest BCUT2D eigenvalue weighted by Crippen LogP contribution is 2.64. The van der Waals surface area contributed by atoms with Gasteiger partial charge in [0.25, 0.3) is 0 Å². The molecule has 3 aliphatic rings. The van der Waals surface area contributed by atoms with Crippen molar-refractivity contribution in [3.05, 3.63) is 46.0 Å². The normalized spacial score (nSPS) is 17.4. The molecule has 1 saturated heterocycles. The largest absolute Gasteiger partial charge is 0.497 e. The van der Waals surface area contributed by atoms with E-state index >= 15 is 8.78 Å². The van der Waals surface area contributed by atoms with Crippen molar-refractivity contribution in [3.8, 4) is 22.3 Å². The van der Waals surface area contributed by atoms with Gasteiger partial charge in [0.2, 0.25) is 0 Å². The van der Waals surface area contributed by atoms with Gasteiger partial charge in [-0.1, -0.05) is 153 Å². The van der Waals surface area contributed by atoms with Crippen molar-refractivity contribution in [2.24, 2.45) is 0 Å². The van der Waals surface area contributed by atoms with Crippen LogP contribution in [0, 0.1) is 11.6 Å². The van der Waals surface area contributed by atoms with Gasteiger partial charge in [-0.15, -0.1) is 0 Å². The fourth-order valence-corrected chi connectivity index (χ4v) is 11.6. The number of rotatable bonds is 22. The lowest BCUT2D eigenvalue weighted by Gasteiger charge is -2.35. The number of nitrogens with zero attached hydrogens (tertiary/aromatic N) is 4. The number of hydrogen-bond acceptors (Lipinski definition) is 10. The fraction of sp³-hybridized carbons (Fsp3) is 0.640. The summed E-state index contributed by atoms with van der Waals surface area (Å²) in [6, 6.07) is 3.78. The molecule has 2 aromatic heterocycles. The highest BCUT2D eigenvalue weighted by Gasteiger charge is 2.57. The Kier molecular flexibility index (Phi) is 13.5. The molecule has 2 N–H and O–H groups in total. The van der Waals surface area contributed by atoms with E-state index in [0.29, 0.717) is 70.0 Å². The molecule has 10 nitrogen and oxygen atoms in total. The molecule has 1 fully saturated rings. The Bertz CT molecular complexity index is 2440. The van der Waals surface area contributed by atoms with E-state index in [2.05, 4.69) is 54.4 Å². The second kappa shape index (κ2) is 18.5. The van der Waals surface area contributed by atoms with Gasteiger partial charge in [0.15, 0.2) is 0 Å². The van der Waals surface area contributed by atoms with Crippen LogP contribution in [-0.4, -0.2) is 56.1 Å². The first kappa shape index (κ1) is 46.8. The standard InChI is InChI=1S/C50H68B2F2N4O6/c1-9-13-17-21-25-49(26-22-18-14-10-2)31-29-33(51(59)60)43-45(57-63-55-43)35(31)37-39(49)42(54)38-36-32(50(40(38)41(37)53,27-23-19-15-11-3)28-24-20-16-12-4)30-34(44-46(36)58-64-56-44)52-61-47(5,6)48(7,8)62-52/h29-30,59-60H,9-28H2,1-8H3. The van der Waals surface area contributed by atoms with E-state index in [1.807, 2.05) is 27.7 Å². The molecule has 0 amide bonds. The Morgan fingerprint density at radius 3 is 1.30 bits per heavy atom. The predicted octanol–water partition coefficient (Wildman–Crippen LogP) is 11.4. The van der Waals surface area contributed by atoms with Gasteiger partial charge < -0.3 is 19.4 Å². The lowest BCUT2D eigenvalue weighted by molar-refractivity contribution is 0.00578. The lowest BCUT2D eigenvalue weighted by Crippen LogP contribution is -2.41. The summed E-state index contributed by atoms with van der Waals surface area (Å²) in [5, 5.41) is 39.1. The molecule has 3 aromatic carbocycles. The van der Waals surface area contributed by atoms with E-state index in [-0.39, 0.29) is 27.6 Å². The van der Waals surface area contributed by atoms with E-state index in [9.17, 15) is 10.0 Å². The summed E-state index contributed by atoms with van der Waals surface area (Å²) >= 11 is 0. The Labute approximate surface area is 378 Å². The Morgan fingerprint density at radius 2 is 0.891 bits per heavy atom. The van der Waals surface area contributed by atoms with Crippen molar-refractivity contribution in [1.29, 1.82) is 0 Å². The third-order valence-corrected chi connectivity index (χ3v) is 15.6. The molecule has 64 heavy (non-hydrogen) atoms. The number of unbranched alkanes of at least 4 members (excludes halogenated alkanes) is 12. The van der Waals surface area contributed by atoms with Gasteiger partial charge in [0.05, 0.1) is 11.2 Å². The molecule has 0 bridgehead atoms. The molecular formula is C50H68B2F2N4O6. The third-order valence-electron chi connectivity index (χ3n) is 15.6. The van der Waals surface area contributed by atoms with Gasteiger partial charge in [-0.25, -0.2) is 18.0 Å². The molecule has 0 radical (unpaired) electrons. The minimum atomic E-state index is -1.90. The first-order valence-electron chi connectivity index (χ1n) is 24.6. The molecule has 0 spiro atoms. The van der Waals surface area contributed by atoms with Crippen molar-refractivity contribution in [3.63, 3.8) is 0 Å². The average Bonchev–Trinajstić information content (AvgIpc) is 4.08. The maximum absolute atomic E-state index is 19.3. The van der Waals surface area contributed by atoms with Crippen LogP contribution in [0.2, 0.25) is 0 Å². The molecule has 5 aromatic rings. The molecule has 0 saturated carbocycles. The number of fused-ring (bicyclic) bond motifs is 10. The van der Waals surface area contributed by atoms with Gasteiger partial charge in [0, 0.05) is 55.1 Å². The second-order valence-electron chi connectivity index (χ2n) is 20.2. The van der Waals surface area contributed by atoms with Crippen LogP contribution in [0.5, 0.6) is 0 Å². The van der Waals surface area contributed by atoms with Gasteiger partial charge in [-0.3, -0.25) is 0 Å². The molecule has 0 unspecified atom stereocenters. The summed E-state index contributed by atoms with van der Waals surface area (Å²) < 4.78 is 63.0. The molecule has 344 valence electrons. The van der Waals surface area contributed by atoms with Crippen molar-refractivity contribution >= 4 is 47.2 Å². The molecule has 2 aliphatic carbocycles. The van der Waals surface area contributed by atoms with Crippen molar-refractivity contribution in [2.75, 3.05) is 0 Å². The zero-order valence-corrected chi connectivity index (χ0v) is 39.5. The maximum atomic E-state index is 19.3. The highest BCUT2D eigenvalue weighted by atomic mass is 19.1. The number of halogens is 2. The summed E-state index contributed by atoms with van der Waals surface area (Å²) in [5.74, 6) is -0.940. The fourth-order valence-electron chi connectivity index (χ4n) is 11.6. The molecule has 3 heterocycles. The van der Waals surface area contributed by atoms with Crippen LogP contribution >= 0.6 is 0 Å². The van der Waals surface area contributed by atoms with Gasteiger partial charge >= 0.3 is 14.2 Å². The highest BCUT2D eigenvalue weighted by molar-refractivity contribution is 6.65. The van der Waals surface area contributed by atoms with Gasteiger partial charge in [-0.2, -0.15) is 0 Å². The minimum Gasteiger partial charge on any atom is -0.423 e. The zero-order valence-electron chi connectivity index (χ0n) is 39.5. The summed E-state index contributed by atoms with van der Waals surface area (Å²) in [7, 11) is -2.72. The van der Waals surface area contributed by atoms with E-state index in [0.717, 1.165) is 108 Å². The van der Waals surface area contributed by atoms with Crippen LogP contribution in [-0.2, 0) is 20.1 Å². The topological polar surface area (TPSA) is 137 Å². The first-order chi connectivity index (χ1) is 30.7. The smallest absolute Gasteiger partial charge is 0.423 e. The molecule has 0 atom stereocenters. The zero-order chi connectivity index (χ0) is 45.6. The van der Waals surface area contributed by atoms with Crippen LogP contribution in [0.3, 0.4) is 0 Å². The summed E-state index contributed by atoms with van der Waals surface area (Å²) in [6.07, 6.45) is 17.3. The summed E-state index contributed by atoms with van der Waals surface area (Å²) in [5.41, 5.74) is 2.09. The monoisotopic (exact) mass is 881 g/mol. The van der Waals surface area contributed by atoms with Gasteiger partial charge in [-0.05, 0) is 74.8 Å². The van der Waals surface area contributed by atoms with Crippen LogP contribution in [0.15, 0.2) is 21.4 Å². The third kappa shape index (κ3) is 7.54. The molecule has 1 aliphatic heterocycles. The summed E-state index contributed by atoms with van der Waals surface area (Å²) in [4.78, 5) is 0. The van der Waals surface area contributed by atoms with Crippen LogP contribution in [0.25, 0.3) is 44.3 Å². The SMILES string of the molecule is CCCCCCC1(CCCCCC)c2cc(B(O)O)c3nonc3c2-c2c(F)c3c(c(F)c21)-c1c(cc(B2OC(C)(C)C(C)(C)O2)c2nonc12)C3(CCCCCC)CCCCCC. The maximum Gasteiger partial charge on any atom is 0.497 e. The Hall–Kier alpha value is -3.71. The average molecular weight is 881 g/mol. The van der Waals surface area contributed by atoms with Crippen molar-refractivity contribution < 1.29 is 37.4 Å². The molecule has 8 rings (SSSR count).